The SMILES string of the molecule is NS(=O)(=O)Nc1cc([C@@H]2[C@@H]([N+](=O)[O-])[C@H](c3ccccc3Br)CCN2Cc2cccnc2)ccc1O. The van der Waals surface area contributed by atoms with E-state index < -0.39 is 28.2 Å². The van der Waals surface area contributed by atoms with Crippen LogP contribution in [0.3, 0.4) is 0 Å². The number of nitrogens with one attached hydrogen (secondary N) is 1. The van der Waals surface area contributed by atoms with Crippen LogP contribution in [0.1, 0.15) is 35.1 Å². The lowest BCUT2D eigenvalue weighted by Crippen LogP contribution is -2.48. The van der Waals surface area contributed by atoms with Crippen LogP contribution in [0.2, 0.25) is 0 Å². The Kier molecular flexibility index (Phi) is 7.36. The summed E-state index contributed by atoms with van der Waals surface area (Å²) in [6.45, 7) is 0.957. The van der Waals surface area contributed by atoms with Crippen molar-refractivity contribution < 1.29 is 18.4 Å². The van der Waals surface area contributed by atoms with Gasteiger partial charge in [0.2, 0.25) is 6.04 Å². The minimum Gasteiger partial charge on any atom is -0.506 e. The van der Waals surface area contributed by atoms with Gasteiger partial charge < -0.3 is 5.11 Å². The summed E-state index contributed by atoms with van der Waals surface area (Å²) in [7, 11) is -4.17. The van der Waals surface area contributed by atoms with Crippen molar-refractivity contribution in [3.05, 3.63) is 98.3 Å². The normalized spacial score (nSPS) is 20.9. The Hall–Kier alpha value is -3.06. The van der Waals surface area contributed by atoms with Gasteiger partial charge in [-0.25, -0.2) is 5.14 Å². The summed E-state index contributed by atoms with van der Waals surface area (Å²) in [5, 5.41) is 27.9. The third kappa shape index (κ3) is 5.78. The van der Waals surface area contributed by atoms with E-state index in [9.17, 15) is 23.6 Å². The smallest absolute Gasteiger partial charge is 0.296 e. The molecule has 0 spiro atoms. The van der Waals surface area contributed by atoms with E-state index in [0.717, 1.165) is 15.6 Å². The number of nitrogens with two attached hydrogens (primary N) is 1. The number of nitro groups is 1. The molecule has 3 atom stereocenters. The predicted octanol–water partition coefficient (Wildman–Crippen LogP) is 3.54. The Morgan fingerprint density at radius 1 is 1.23 bits per heavy atom. The summed E-state index contributed by atoms with van der Waals surface area (Å²) in [6, 6.07) is 13.7. The number of benzene rings is 2. The minimum atomic E-state index is -4.17. The number of nitrogens with zero attached hydrogens (tertiary/aromatic N) is 3. The summed E-state index contributed by atoms with van der Waals surface area (Å²) in [6.07, 6.45) is 3.92. The van der Waals surface area contributed by atoms with Crippen molar-refractivity contribution in [2.24, 2.45) is 5.14 Å². The van der Waals surface area contributed by atoms with Gasteiger partial charge in [0.05, 0.1) is 11.6 Å². The third-order valence-electron chi connectivity index (χ3n) is 6.13. The van der Waals surface area contributed by atoms with E-state index in [1.165, 1.54) is 12.1 Å². The molecule has 0 aliphatic carbocycles. The van der Waals surface area contributed by atoms with Crippen molar-refractivity contribution in [2.75, 3.05) is 11.3 Å². The molecule has 0 bridgehead atoms. The number of aromatic hydroxyl groups is 1. The topological polar surface area (TPSA) is 152 Å². The van der Waals surface area contributed by atoms with Crippen LogP contribution in [0.4, 0.5) is 5.69 Å². The lowest BCUT2D eigenvalue weighted by Gasteiger charge is -2.41. The van der Waals surface area contributed by atoms with Crippen LogP contribution in [0.5, 0.6) is 5.75 Å². The Morgan fingerprint density at radius 2 is 2.00 bits per heavy atom. The molecule has 4 N–H and O–H groups in total. The molecule has 1 fully saturated rings. The standard InChI is InChI=1S/C23H24BrN5O5S/c24-19-6-2-1-5-17(19)18-9-11-28(14-15-4-3-10-26-13-15)22(23(18)29(31)32)16-7-8-21(30)20(12-16)27-35(25,33)34/h1-8,10,12-13,18,22-23,27,30H,9,11,14H2,(H2,25,33,34)/t18-,22+,23-/m0/s1. The molecule has 4 rings (SSSR count). The van der Waals surface area contributed by atoms with Gasteiger partial charge in [-0.2, -0.15) is 8.42 Å². The summed E-state index contributed by atoms with van der Waals surface area (Å²) in [4.78, 5) is 18.5. The van der Waals surface area contributed by atoms with Crippen molar-refractivity contribution in [2.45, 2.75) is 31.0 Å². The second kappa shape index (κ2) is 10.3. The summed E-state index contributed by atoms with van der Waals surface area (Å²) >= 11 is 3.54. The number of hydrogen-bond acceptors (Lipinski definition) is 7. The average Bonchev–Trinajstić information content (AvgIpc) is 2.80. The van der Waals surface area contributed by atoms with Crippen molar-refractivity contribution >= 4 is 31.8 Å². The first kappa shape index (κ1) is 25.0. The van der Waals surface area contributed by atoms with E-state index in [4.69, 9.17) is 5.14 Å². The molecule has 12 heteroatoms. The molecule has 0 radical (unpaired) electrons. The molecule has 1 aliphatic heterocycles. The molecule has 1 aromatic heterocycles. The number of rotatable bonds is 7. The number of halogens is 1. The zero-order chi connectivity index (χ0) is 25.2. The minimum absolute atomic E-state index is 0.142. The summed E-state index contributed by atoms with van der Waals surface area (Å²) < 4.78 is 26.1. The number of hydrogen-bond donors (Lipinski definition) is 3. The fraction of sp³-hybridized carbons (Fsp3) is 0.261. The molecule has 1 aliphatic rings. The van der Waals surface area contributed by atoms with Crippen molar-refractivity contribution in [1.29, 1.82) is 0 Å². The average molecular weight is 562 g/mol. The maximum atomic E-state index is 12.6. The molecular weight excluding hydrogens is 538 g/mol. The molecule has 10 nitrogen and oxygen atoms in total. The van der Waals surface area contributed by atoms with E-state index in [0.29, 0.717) is 25.1 Å². The van der Waals surface area contributed by atoms with Crippen LogP contribution in [0.25, 0.3) is 0 Å². The first-order valence-electron chi connectivity index (χ1n) is 10.8. The van der Waals surface area contributed by atoms with Gasteiger partial charge in [0.25, 0.3) is 10.2 Å². The van der Waals surface area contributed by atoms with Gasteiger partial charge in [0.15, 0.2) is 0 Å². The lowest BCUT2D eigenvalue weighted by molar-refractivity contribution is -0.540. The maximum Gasteiger partial charge on any atom is 0.296 e. The summed E-state index contributed by atoms with van der Waals surface area (Å²) in [5.41, 5.74) is 2.07. The second-order valence-corrected chi connectivity index (χ2v) is 10.5. The number of anilines is 1. The van der Waals surface area contributed by atoms with Gasteiger partial charge in [-0.15, -0.1) is 0 Å². The number of piperidine rings is 1. The quantitative estimate of drug-likeness (QED) is 0.226. The van der Waals surface area contributed by atoms with Crippen molar-refractivity contribution in [3.63, 3.8) is 0 Å². The van der Waals surface area contributed by atoms with Gasteiger partial charge >= 0.3 is 0 Å². The van der Waals surface area contributed by atoms with Gasteiger partial charge in [0, 0.05) is 34.9 Å². The molecule has 0 unspecified atom stereocenters. The highest BCUT2D eigenvalue weighted by Gasteiger charge is 2.48. The van der Waals surface area contributed by atoms with Gasteiger partial charge in [0.1, 0.15) is 11.8 Å². The fourth-order valence-electron chi connectivity index (χ4n) is 4.71. The van der Waals surface area contributed by atoms with E-state index in [1.54, 1.807) is 24.5 Å². The maximum absolute atomic E-state index is 12.6. The van der Waals surface area contributed by atoms with Crippen LogP contribution in [0, 0.1) is 10.1 Å². The molecule has 184 valence electrons. The van der Waals surface area contributed by atoms with Gasteiger partial charge in [-0.1, -0.05) is 46.3 Å². The highest BCUT2D eigenvalue weighted by Crippen LogP contribution is 2.44. The van der Waals surface area contributed by atoms with E-state index >= 15 is 0 Å². The molecule has 3 aromatic rings. The Morgan fingerprint density at radius 3 is 2.66 bits per heavy atom. The van der Waals surface area contributed by atoms with E-state index in [-0.39, 0.29) is 16.4 Å². The predicted molar refractivity (Wildman–Crippen MR) is 135 cm³/mol. The molecular formula is C23H24BrN5O5S. The zero-order valence-corrected chi connectivity index (χ0v) is 20.9. The Labute approximate surface area is 211 Å². The molecule has 1 saturated heterocycles. The number of phenols is 1. The van der Waals surface area contributed by atoms with Crippen LogP contribution in [-0.2, 0) is 16.8 Å². The van der Waals surface area contributed by atoms with Crippen molar-refractivity contribution in [1.82, 2.24) is 9.88 Å². The van der Waals surface area contributed by atoms with E-state index in [1.807, 2.05) is 35.2 Å². The lowest BCUT2D eigenvalue weighted by atomic mass is 9.78. The second-order valence-electron chi connectivity index (χ2n) is 8.39. The molecule has 0 amide bonds. The van der Waals surface area contributed by atoms with Crippen LogP contribution in [-0.4, -0.2) is 40.9 Å². The monoisotopic (exact) mass is 561 g/mol. The molecule has 0 saturated carbocycles. The first-order valence-corrected chi connectivity index (χ1v) is 13.1. The number of aromatic nitrogens is 1. The van der Waals surface area contributed by atoms with E-state index in [2.05, 4.69) is 25.6 Å². The Balaban J connectivity index is 1.83. The molecule has 2 heterocycles. The largest absolute Gasteiger partial charge is 0.506 e. The first-order chi connectivity index (χ1) is 16.6. The van der Waals surface area contributed by atoms with Crippen LogP contribution in [0.15, 0.2) is 71.5 Å². The number of likely N-dealkylation sites (tertiary alicyclic amines) is 1. The highest BCUT2D eigenvalue weighted by molar-refractivity contribution is 9.10. The third-order valence-corrected chi connectivity index (χ3v) is 7.35. The van der Waals surface area contributed by atoms with Gasteiger partial charge in [-0.05, 0) is 47.4 Å². The highest BCUT2D eigenvalue weighted by atomic mass is 79.9. The number of phenolic OH excluding ortho intramolecular Hbond substituents is 1. The summed E-state index contributed by atoms with van der Waals surface area (Å²) in [5.74, 6) is -0.739. The Bertz CT molecular complexity index is 1320. The van der Waals surface area contributed by atoms with Crippen molar-refractivity contribution in [3.8, 4) is 5.75 Å². The number of pyridine rings is 1. The van der Waals surface area contributed by atoms with Crippen LogP contribution < -0.4 is 9.86 Å². The fourth-order valence-corrected chi connectivity index (χ4v) is 5.76. The van der Waals surface area contributed by atoms with Crippen LogP contribution >= 0.6 is 15.9 Å². The molecule has 2 aromatic carbocycles. The zero-order valence-electron chi connectivity index (χ0n) is 18.5. The van der Waals surface area contributed by atoms with Gasteiger partial charge in [-0.3, -0.25) is 24.7 Å². The molecule has 35 heavy (non-hydrogen) atoms.